The SMILES string of the molecule is Cc1ccc(Nc2cc(C(=O)O)c([N+](=O)[O-])cn2)cc1Cl. The Balaban J connectivity index is 2.36. The Morgan fingerprint density at radius 2 is 2.14 bits per heavy atom. The lowest BCUT2D eigenvalue weighted by molar-refractivity contribution is -0.385. The molecule has 0 unspecified atom stereocenters. The smallest absolute Gasteiger partial charge is 0.342 e. The molecule has 1 heterocycles. The predicted octanol–water partition coefficient (Wildman–Crippen LogP) is 3.39. The van der Waals surface area contributed by atoms with Gasteiger partial charge in [0.25, 0.3) is 0 Å². The van der Waals surface area contributed by atoms with Crippen molar-refractivity contribution in [3.8, 4) is 0 Å². The maximum absolute atomic E-state index is 11.0. The largest absolute Gasteiger partial charge is 0.477 e. The van der Waals surface area contributed by atoms with E-state index >= 15 is 0 Å². The number of carboxylic acids is 1. The summed E-state index contributed by atoms with van der Waals surface area (Å²) in [5.41, 5.74) is 0.499. The fraction of sp³-hybridized carbons (Fsp3) is 0.0769. The number of aryl methyl sites for hydroxylation is 1. The number of nitro groups is 1. The van der Waals surface area contributed by atoms with Crippen LogP contribution in [0.3, 0.4) is 0 Å². The molecule has 0 spiro atoms. The van der Waals surface area contributed by atoms with E-state index in [0.717, 1.165) is 17.8 Å². The molecule has 21 heavy (non-hydrogen) atoms. The topological polar surface area (TPSA) is 105 Å². The van der Waals surface area contributed by atoms with Gasteiger partial charge in [-0.2, -0.15) is 0 Å². The number of hydrogen-bond acceptors (Lipinski definition) is 5. The van der Waals surface area contributed by atoms with Gasteiger partial charge in [-0.3, -0.25) is 10.1 Å². The van der Waals surface area contributed by atoms with Crippen LogP contribution in [0.4, 0.5) is 17.2 Å². The summed E-state index contributed by atoms with van der Waals surface area (Å²) >= 11 is 5.98. The fourth-order valence-electron chi connectivity index (χ4n) is 1.65. The summed E-state index contributed by atoms with van der Waals surface area (Å²) in [4.78, 5) is 24.8. The highest BCUT2D eigenvalue weighted by atomic mass is 35.5. The average molecular weight is 308 g/mol. The Bertz CT molecular complexity index is 733. The molecule has 0 bridgehead atoms. The van der Waals surface area contributed by atoms with Gasteiger partial charge in [-0.1, -0.05) is 17.7 Å². The lowest BCUT2D eigenvalue weighted by Crippen LogP contribution is -2.05. The molecule has 0 aliphatic heterocycles. The quantitative estimate of drug-likeness (QED) is 0.662. The standard InChI is InChI=1S/C13H10ClN3O4/c1-7-2-3-8(4-10(7)14)16-12-5-9(13(18)19)11(6-15-12)17(20)21/h2-6H,1H3,(H,15,16)(H,18,19). The van der Waals surface area contributed by atoms with Crippen molar-refractivity contribution in [2.24, 2.45) is 0 Å². The molecule has 1 aromatic heterocycles. The number of nitrogens with zero attached hydrogens (tertiary/aromatic N) is 2. The van der Waals surface area contributed by atoms with Gasteiger partial charge in [-0.05, 0) is 24.6 Å². The van der Waals surface area contributed by atoms with E-state index in [9.17, 15) is 14.9 Å². The average Bonchev–Trinajstić information content (AvgIpc) is 2.42. The van der Waals surface area contributed by atoms with Crippen LogP contribution in [0, 0.1) is 17.0 Å². The van der Waals surface area contributed by atoms with Crippen molar-refractivity contribution >= 4 is 34.8 Å². The molecule has 0 aliphatic carbocycles. The molecule has 0 atom stereocenters. The lowest BCUT2D eigenvalue weighted by atomic mass is 10.2. The van der Waals surface area contributed by atoms with E-state index < -0.39 is 22.1 Å². The third kappa shape index (κ3) is 3.26. The summed E-state index contributed by atoms with van der Waals surface area (Å²) in [7, 11) is 0. The van der Waals surface area contributed by atoms with Crippen LogP contribution in [0.25, 0.3) is 0 Å². The first-order valence-corrected chi connectivity index (χ1v) is 6.17. The number of halogens is 1. The van der Waals surface area contributed by atoms with Gasteiger partial charge < -0.3 is 10.4 Å². The molecule has 0 radical (unpaired) electrons. The van der Waals surface area contributed by atoms with Gasteiger partial charge in [0, 0.05) is 16.8 Å². The Labute approximate surface area is 124 Å². The first kappa shape index (κ1) is 14.7. The number of carbonyl (C=O) groups is 1. The van der Waals surface area contributed by atoms with Crippen LogP contribution in [0.2, 0.25) is 5.02 Å². The third-order valence-corrected chi connectivity index (χ3v) is 3.16. The van der Waals surface area contributed by atoms with Gasteiger partial charge in [0.2, 0.25) is 0 Å². The summed E-state index contributed by atoms with van der Waals surface area (Å²) in [5, 5.41) is 23.1. The zero-order chi connectivity index (χ0) is 15.6. The van der Waals surface area contributed by atoms with Crippen LogP contribution >= 0.6 is 11.6 Å². The van der Waals surface area contributed by atoms with Crippen molar-refractivity contribution in [1.82, 2.24) is 4.98 Å². The van der Waals surface area contributed by atoms with E-state index in [0.29, 0.717) is 10.7 Å². The molecular weight excluding hydrogens is 298 g/mol. The minimum absolute atomic E-state index is 0.179. The van der Waals surface area contributed by atoms with Gasteiger partial charge >= 0.3 is 11.7 Å². The Morgan fingerprint density at radius 1 is 1.43 bits per heavy atom. The predicted molar refractivity (Wildman–Crippen MR) is 77.3 cm³/mol. The number of aromatic nitrogens is 1. The minimum atomic E-state index is -1.39. The monoisotopic (exact) mass is 307 g/mol. The van der Waals surface area contributed by atoms with Crippen LogP contribution in [0.5, 0.6) is 0 Å². The van der Waals surface area contributed by atoms with Crippen LogP contribution in [-0.4, -0.2) is 21.0 Å². The molecule has 0 amide bonds. The molecule has 8 heteroatoms. The van der Waals surface area contributed by atoms with E-state index in [1.54, 1.807) is 18.2 Å². The number of rotatable bonds is 4. The second kappa shape index (κ2) is 5.76. The maximum atomic E-state index is 11.0. The summed E-state index contributed by atoms with van der Waals surface area (Å²) in [6.07, 6.45) is 0.904. The first-order chi connectivity index (χ1) is 9.88. The number of pyridine rings is 1. The van der Waals surface area contributed by atoms with E-state index in [1.165, 1.54) is 0 Å². The van der Waals surface area contributed by atoms with Crippen molar-refractivity contribution in [1.29, 1.82) is 0 Å². The summed E-state index contributed by atoms with van der Waals surface area (Å²) in [6, 6.07) is 6.29. The molecular formula is C13H10ClN3O4. The molecule has 2 aromatic rings. The number of benzene rings is 1. The van der Waals surface area contributed by atoms with E-state index in [-0.39, 0.29) is 5.82 Å². The summed E-state index contributed by atoms with van der Waals surface area (Å²) in [5.74, 6) is -1.22. The molecule has 0 aliphatic rings. The van der Waals surface area contributed by atoms with Crippen LogP contribution < -0.4 is 5.32 Å². The summed E-state index contributed by atoms with van der Waals surface area (Å²) in [6.45, 7) is 1.85. The second-order valence-corrected chi connectivity index (χ2v) is 4.65. The van der Waals surface area contributed by atoms with Crippen molar-refractivity contribution < 1.29 is 14.8 Å². The fourth-order valence-corrected chi connectivity index (χ4v) is 1.83. The molecule has 0 fully saturated rings. The van der Waals surface area contributed by atoms with Crippen molar-refractivity contribution in [2.45, 2.75) is 6.92 Å². The van der Waals surface area contributed by atoms with Crippen LogP contribution in [0.1, 0.15) is 15.9 Å². The molecule has 0 saturated heterocycles. The zero-order valence-electron chi connectivity index (χ0n) is 10.8. The third-order valence-electron chi connectivity index (χ3n) is 2.75. The highest BCUT2D eigenvalue weighted by Gasteiger charge is 2.21. The van der Waals surface area contributed by atoms with Gasteiger partial charge in [-0.25, -0.2) is 9.78 Å². The van der Waals surface area contributed by atoms with Crippen LogP contribution in [0.15, 0.2) is 30.5 Å². The summed E-state index contributed by atoms with van der Waals surface area (Å²) < 4.78 is 0. The van der Waals surface area contributed by atoms with Crippen LogP contribution in [-0.2, 0) is 0 Å². The minimum Gasteiger partial charge on any atom is -0.477 e. The Morgan fingerprint density at radius 3 is 2.71 bits per heavy atom. The second-order valence-electron chi connectivity index (χ2n) is 4.24. The van der Waals surface area contributed by atoms with Gasteiger partial charge in [0.1, 0.15) is 17.6 Å². The number of carboxylic acid groups (broad SMARTS) is 1. The number of hydrogen-bond donors (Lipinski definition) is 2. The molecule has 2 N–H and O–H groups in total. The van der Waals surface area contributed by atoms with Gasteiger partial charge in [0.05, 0.1) is 4.92 Å². The first-order valence-electron chi connectivity index (χ1n) is 5.79. The molecule has 7 nitrogen and oxygen atoms in total. The zero-order valence-corrected chi connectivity index (χ0v) is 11.6. The lowest BCUT2D eigenvalue weighted by Gasteiger charge is -2.08. The van der Waals surface area contributed by atoms with E-state index in [1.807, 2.05) is 6.92 Å². The molecule has 1 aromatic carbocycles. The van der Waals surface area contributed by atoms with Crippen molar-refractivity contribution in [3.63, 3.8) is 0 Å². The highest BCUT2D eigenvalue weighted by Crippen LogP contribution is 2.25. The van der Waals surface area contributed by atoms with Crippen molar-refractivity contribution in [3.05, 3.63) is 56.7 Å². The maximum Gasteiger partial charge on any atom is 0.342 e. The normalized spacial score (nSPS) is 10.2. The number of aromatic carboxylic acids is 1. The molecule has 108 valence electrons. The van der Waals surface area contributed by atoms with E-state index in [2.05, 4.69) is 10.3 Å². The van der Waals surface area contributed by atoms with E-state index in [4.69, 9.17) is 16.7 Å². The Kier molecular flexibility index (Phi) is 4.04. The van der Waals surface area contributed by atoms with Crippen molar-refractivity contribution in [2.75, 3.05) is 5.32 Å². The van der Waals surface area contributed by atoms with Gasteiger partial charge in [-0.15, -0.1) is 0 Å². The Hall–Kier alpha value is -2.67. The number of nitrogens with one attached hydrogen (secondary N) is 1. The number of anilines is 2. The highest BCUT2D eigenvalue weighted by molar-refractivity contribution is 6.31. The van der Waals surface area contributed by atoms with Gasteiger partial charge in [0.15, 0.2) is 0 Å². The molecule has 0 saturated carbocycles. The molecule has 2 rings (SSSR count).